The van der Waals surface area contributed by atoms with Crippen molar-refractivity contribution in [3.05, 3.63) is 108 Å². The van der Waals surface area contributed by atoms with Crippen molar-refractivity contribution in [2.24, 2.45) is 11.5 Å². The van der Waals surface area contributed by atoms with Crippen molar-refractivity contribution in [1.29, 1.82) is 0 Å². The quantitative estimate of drug-likeness (QED) is 0.0647. The average molecular weight is 864 g/mol. The predicted molar refractivity (Wildman–Crippen MR) is 186 cm³/mol. The van der Waals surface area contributed by atoms with Crippen molar-refractivity contribution >= 4 is 54.4 Å². The largest absolute Gasteiger partial charge is 0.545 e. The van der Waals surface area contributed by atoms with Gasteiger partial charge in [0, 0.05) is 30.3 Å². The van der Waals surface area contributed by atoms with E-state index in [-0.39, 0.29) is 35.8 Å². The van der Waals surface area contributed by atoms with Crippen LogP contribution in [0.15, 0.2) is 97.1 Å². The van der Waals surface area contributed by atoms with Crippen LogP contribution < -0.4 is 40.6 Å². The minimum atomic E-state index is -5.95. The molecule has 0 aliphatic rings. The van der Waals surface area contributed by atoms with E-state index in [0.717, 1.165) is 48.6 Å². The molecule has 0 bridgehead atoms. The number of benzene rings is 3. The van der Waals surface area contributed by atoms with Gasteiger partial charge in [0.1, 0.15) is 29.5 Å². The molecule has 0 fully saturated rings. The van der Waals surface area contributed by atoms with E-state index < -0.39 is 67.6 Å². The molecule has 3 amide bonds. The Balaban J connectivity index is 1.91. The highest BCUT2D eigenvalue weighted by atomic mass is 32.5. The Morgan fingerprint density at radius 2 is 0.983 bits per heavy atom. The van der Waals surface area contributed by atoms with Crippen LogP contribution in [0.2, 0.25) is 0 Å². The number of hydrogen-bond acceptors (Lipinski definition) is 14. The molecule has 58 heavy (non-hydrogen) atoms. The SMILES string of the molecule is NC(=O)OC(CC=CC(=O)[O-])c1ccc(OP(=S)(Oc2ccc(NC(=O)OC(C(F)(F)F)C(F)(F)F)cc2)Oc2ccc(C(CC=CC(=O)[O-])OC(N)=O)cc2)cc1. The number of carboxylic acids is 2. The normalized spacial score (nSPS) is 13.8. The molecule has 3 aromatic rings. The fourth-order valence-electron chi connectivity index (χ4n) is 4.46. The molecule has 0 aliphatic heterocycles. The van der Waals surface area contributed by atoms with Crippen LogP contribution in [0, 0.1) is 0 Å². The Kier molecular flexibility index (Phi) is 15.9. The van der Waals surface area contributed by atoms with Crippen LogP contribution in [0.1, 0.15) is 36.2 Å². The maximum absolute atomic E-state index is 12.8. The first-order chi connectivity index (χ1) is 27.0. The molecule has 0 radical (unpaired) electrons. The molecular formula is C34H28F6N3O13PS-2. The Hall–Kier alpha value is -6.48. The maximum atomic E-state index is 12.8. The number of anilines is 1. The second kappa shape index (κ2) is 20.1. The lowest BCUT2D eigenvalue weighted by atomic mass is 10.1. The second-order valence-electron chi connectivity index (χ2n) is 11.1. The molecule has 0 aliphatic carbocycles. The standard InChI is InChI=1S/C34H30F6N3O13PS/c35-33(36,37)29(34(38,39)40)53-32(50)43-21-11-17-24(18-12-21)56-57(58,54-22-13-7-19(8-14-22)25(51-30(41)48)3-1-5-27(44)45)55-23-15-9-20(10-16-23)26(52-31(42)49)4-2-6-28(46)47/h1-2,5-18,25-26,29H,3-4H2,(H2,41,48)(H2,42,49)(H,43,50)(H,44,45)(H,46,47)/p-2. The van der Waals surface area contributed by atoms with Gasteiger partial charge in [0.25, 0.3) is 6.10 Å². The lowest BCUT2D eigenvalue weighted by Crippen LogP contribution is -2.46. The number of carboxylic acid groups (broad SMARTS) is 2. The van der Waals surface area contributed by atoms with E-state index in [0.29, 0.717) is 11.1 Å². The molecule has 0 aromatic heterocycles. The number of ether oxygens (including phenoxy) is 3. The van der Waals surface area contributed by atoms with Gasteiger partial charge in [-0.15, -0.1) is 0 Å². The zero-order valence-electron chi connectivity index (χ0n) is 29.0. The average Bonchev–Trinajstić information content (AvgIpc) is 3.09. The highest BCUT2D eigenvalue weighted by molar-refractivity contribution is 8.08. The van der Waals surface area contributed by atoms with E-state index in [1.54, 1.807) is 5.32 Å². The molecule has 0 spiro atoms. The van der Waals surface area contributed by atoms with Gasteiger partial charge in [-0.1, -0.05) is 36.4 Å². The highest BCUT2D eigenvalue weighted by Gasteiger charge is 2.60. The summed E-state index contributed by atoms with van der Waals surface area (Å²) in [7, 11) is 0. The minimum Gasteiger partial charge on any atom is -0.545 e. The number of aliphatic carboxylic acids is 2. The fraction of sp³-hybridized carbons (Fsp3) is 0.206. The van der Waals surface area contributed by atoms with Crippen LogP contribution >= 0.6 is 6.72 Å². The number of halogens is 6. The third-order valence-corrected chi connectivity index (χ3v) is 8.77. The molecular weight excluding hydrogens is 835 g/mol. The van der Waals surface area contributed by atoms with E-state index in [4.69, 9.17) is 46.3 Å². The second-order valence-corrected chi connectivity index (χ2v) is 13.9. The Bertz CT molecular complexity index is 1920. The number of rotatable bonds is 18. The van der Waals surface area contributed by atoms with E-state index >= 15 is 0 Å². The zero-order valence-corrected chi connectivity index (χ0v) is 30.7. The number of alkyl halides is 6. The molecule has 0 heterocycles. The number of carbonyl (C=O) groups is 5. The first kappa shape index (κ1) is 45.9. The highest BCUT2D eigenvalue weighted by Crippen LogP contribution is 2.50. The van der Waals surface area contributed by atoms with Crippen LogP contribution in [0.3, 0.4) is 0 Å². The van der Waals surface area contributed by atoms with Gasteiger partial charge in [0.05, 0.1) is 11.9 Å². The van der Waals surface area contributed by atoms with E-state index in [1.165, 1.54) is 48.5 Å². The van der Waals surface area contributed by atoms with Crippen LogP contribution in [0.4, 0.5) is 46.4 Å². The lowest BCUT2D eigenvalue weighted by molar-refractivity contribution is -0.306. The molecule has 3 aromatic carbocycles. The van der Waals surface area contributed by atoms with Gasteiger partial charge in [-0.05, 0) is 71.8 Å². The first-order valence-electron chi connectivity index (χ1n) is 15.8. The zero-order chi connectivity index (χ0) is 43.3. The molecule has 2 atom stereocenters. The van der Waals surface area contributed by atoms with E-state index in [2.05, 4.69) is 4.74 Å². The molecule has 2 unspecified atom stereocenters. The maximum Gasteiger partial charge on any atom is 0.490 e. The molecule has 0 saturated heterocycles. The summed E-state index contributed by atoms with van der Waals surface area (Å²) in [6.45, 7) is -4.07. The van der Waals surface area contributed by atoms with Gasteiger partial charge in [-0.3, -0.25) is 5.32 Å². The van der Waals surface area contributed by atoms with E-state index in [9.17, 15) is 60.5 Å². The smallest absolute Gasteiger partial charge is 0.490 e. The Morgan fingerprint density at radius 1 is 0.638 bits per heavy atom. The number of primary amides is 2. The van der Waals surface area contributed by atoms with Crippen molar-refractivity contribution in [3.63, 3.8) is 0 Å². The molecule has 5 N–H and O–H groups in total. The van der Waals surface area contributed by atoms with Crippen molar-refractivity contribution < 1.29 is 88.3 Å². The van der Waals surface area contributed by atoms with Crippen LogP contribution in [-0.2, 0) is 35.6 Å². The minimum absolute atomic E-state index is 0.00801. The van der Waals surface area contributed by atoms with Crippen molar-refractivity contribution in [2.45, 2.75) is 43.5 Å². The van der Waals surface area contributed by atoms with Crippen molar-refractivity contribution in [2.75, 3.05) is 5.32 Å². The molecule has 312 valence electrons. The Morgan fingerprint density at radius 3 is 1.29 bits per heavy atom. The number of nitrogens with one attached hydrogen (secondary N) is 1. The van der Waals surface area contributed by atoms with Crippen LogP contribution in [0.5, 0.6) is 17.2 Å². The van der Waals surface area contributed by atoms with Crippen LogP contribution in [-0.4, -0.2) is 48.7 Å². The number of carbonyl (C=O) groups excluding carboxylic acids is 5. The third-order valence-electron chi connectivity index (χ3n) is 6.80. The summed E-state index contributed by atoms with van der Waals surface area (Å²) < 4.78 is 108. The van der Waals surface area contributed by atoms with Gasteiger partial charge in [-0.25, -0.2) is 14.4 Å². The summed E-state index contributed by atoms with van der Waals surface area (Å²) in [6.07, 6.45) is -19.3. The van der Waals surface area contributed by atoms with Crippen molar-refractivity contribution in [1.82, 2.24) is 0 Å². The topological polar surface area (TPSA) is 251 Å². The molecule has 0 saturated carbocycles. The number of nitrogens with two attached hydrogens (primary N) is 2. The van der Waals surface area contributed by atoms with Crippen LogP contribution in [0.25, 0.3) is 0 Å². The summed E-state index contributed by atoms with van der Waals surface area (Å²) in [4.78, 5) is 56.3. The number of hydrogen-bond donors (Lipinski definition) is 3. The lowest BCUT2D eigenvalue weighted by Gasteiger charge is -2.24. The monoisotopic (exact) mass is 863 g/mol. The summed E-state index contributed by atoms with van der Waals surface area (Å²) in [5.74, 6) is -3.17. The van der Waals surface area contributed by atoms with Gasteiger partial charge in [0.15, 0.2) is 0 Å². The van der Waals surface area contributed by atoms with E-state index in [1.807, 2.05) is 0 Å². The summed E-state index contributed by atoms with van der Waals surface area (Å²) in [5, 5.41) is 23.3. The molecule has 3 rings (SSSR count). The summed E-state index contributed by atoms with van der Waals surface area (Å²) in [5.41, 5.74) is 10.6. The van der Waals surface area contributed by atoms with Gasteiger partial charge in [0.2, 0.25) is 0 Å². The van der Waals surface area contributed by atoms with Gasteiger partial charge >= 0.3 is 37.4 Å². The summed E-state index contributed by atoms with van der Waals surface area (Å²) >= 11 is 5.64. The van der Waals surface area contributed by atoms with Gasteiger partial charge in [-0.2, -0.15) is 26.3 Å². The first-order valence-corrected chi connectivity index (χ1v) is 18.4. The predicted octanol–water partition coefficient (Wildman–Crippen LogP) is 5.15. The molecule has 16 nitrogen and oxygen atoms in total. The Labute approximate surface area is 328 Å². The summed E-state index contributed by atoms with van der Waals surface area (Å²) in [6, 6.07) is 15.2. The van der Waals surface area contributed by atoms with Crippen molar-refractivity contribution in [3.8, 4) is 17.2 Å². The third kappa shape index (κ3) is 15.6. The molecule has 24 heteroatoms. The fourth-order valence-corrected chi connectivity index (χ4v) is 6.49. The number of amides is 3. The van der Waals surface area contributed by atoms with Gasteiger partial charge < -0.3 is 59.1 Å².